The first kappa shape index (κ1) is 15.2. The van der Waals surface area contributed by atoms with E-state index in [0.29, 0.717) is 12.5 Å². The van der Waals surface area contributed by atoms with E-state index < -0.39 is 6.03 Å². The molecule has 19 heavy (non-hydrogen) atoms. The molecule has 0 aliphatic rings. The Morgan fingerprint density at radius 3 is 2.68 bits per heavy atom. The maximum atomic E-state index is 11.5. The summed E-state index contributed by atoms with van der Waals surface area (Å²) >= 11 is 0. The van der Waals surface area contributed by atoms with Crippen LogP contribution in [-0.2, 0) is 4.79 Å². The van der Waals surface area contributed by atoms with Gasteiger partial charge >= 0.3 is 6.03 Å². The molecule has 6 heteroatoms. The first-order chi connectivity index (χ1) is 8.99. The fourth-order valence-corrected chi connectivity index (χ4v) is 1.47. The number of carbonyl (C=O) groups is 2. The molecule has 1 atom stereocenters. The van der Waals surface area contributed by atoms with Crippen molar-refractivity contribution in [1.29, 1.82) is 0 Å². The van der Waals surface area contributed by atoms with E-state index in [0.717, 1.165) is 5.76 Å². The summed E-state index contributed by atoms with van der Waals surface area (Å²) < 4.78 is 5.23. The van der Waals surface area contributed by atoms with Crippen LogP contribution in [0.15, 0.2) is 22.8 Å². The van der Waals surface area contributed by atoms with Crippen LogP contribution in [0.2, 0.25) is 0 Å². The Morgan fingerprint density at radius 2 is 2.11 bits per heavy atom. The van der Waals surface area contributed by atoms with Crippen LogP contribution in [0.1, 0.15) is 32.6 Å². The number of imide groups is 1. The van der Waals surface area contributed by atoms with E-state index in [-0.39, 0.29) is 18.5 Å². The van der Waals surface area contributed by atoms with E-state index >= 15 is 0 Å². The summed E-state index contributed by atoms with van der Waals surface area (Å²) in [7, 11) is 0. The number of amides is 3. The van der Waals surface area contributed by atoms with Crippen molar-refractivity contribution < 1.29 is 19.3 Å². The third kappa shape index (κ3) is 6.05. The molecule has 0 spiro atoms. The summed E-state index contributed by atoms with van der Waals surface area (Å²) in [6.07, 6.45) is 1.60. The molecule has 3 amide bonds. The highest BCUT2D eigenvalue weighted by atomic mass is 16.3. The molecule has 0 bridgehead atoms. The van der Waals surface area contributed by atoms with Gasteiger partial charge in [0.25, 0.3) is 5.91 Å². The van der Waals surface area contributed by atoms with E-state index in [2.05, 4.69) is 10.6 Å². The van der Waals surface area contributed by atoms with E-state index in [4.69, 9.17) is 4.42 Å². The summed E-state index contributed by atoms with van der Waals surface area (Å²) in [5.74, 6) is 0.836. The maximum absolute atomic E-state index is 11.5. The van der Waals surface area contributed by atoms with Gasteiger partial charge in [0.1, 0.15) is 6.04 Å². The Kier molecular flexibility index (Phi) is 6.08. The lowest BCUT2D eigenvalue weighted by molar-refractivity contribution is -0.684. The Labute approximate surface area is 112 Å². The summed E-state index contributed by atoms with van der Waals surface area (Å²) in [5, 5.41) is 6.72. The Hall–Kier alpha value is -1.82. The molecule has 1 aromatic heterocycles. The Bertz CT molecular complexity index is 401. The topological polar surface area (TPSA) is 88.0 Å². The maximum Gasteiger partial charge on any atom is 0.321 e. The second-order valence-corrected chi connectivity index (χ2v) is 4.90. The number of hydrogen-bond acceptors (Lipinski definition) is 3. The van der Waals surface area contributed by atoms with Crippen molar-refractivity contribution in [2.45, 2.75) is 26.8 Å². The number of furan rings is 1. The van der Waals surface area contributed by atoms with Gasteiger partial charge in [-0.2, -0.15) is 0 Å². The van der Waals surface area contributed by atoms with Gasteiger partial charge in [-0.25, -0.2) is 4.79 Å². The van der Waals surface area contributed by atoms with Gasteiger partial charge in [-0.1, -0.05) is 13.8 Å². The monoisotopic (exact) mass is 268 g/mol. The van der Waals surface area contributed by atoms with Crippen LogP contribution in [-0.4, -0.2) is 25.0 Å². The first-order valence-electron chi connectivity index (χ1n) is 6.43. The lowest BCUT2D eigenvalue weighted by Crippen LogP contribution is -2.87. The molecule has 4 N–H and O–H groups in total. The highest BCUT2D eigenvalue weighted by Crippen LogP contribution is 2.07. The predicted molar refractivity (Wildman–Crippen MR) is 70.3 cm³/mol. The second-order valence-electron chi connectivity index (χ2n) is 4.90. The van der Waals surface area contributed by atoms with E-state index in [1.54, 1.807) is 12.3 Å². The summed E-state index contributed by atoms with van der Waals surface area (Å²) in [6, 6.07) is 3.25. The lowest BCUT2D eigenvalue weighted by Gasteiger charge is -2.09. The van der Waals surface area contributed by atoms with Crippen LogP contribution < -0.4 is 16.0 Å². The summed E-state index contributed by atoms with van der Waals surface area (Å²) in [6.45, 7) is 6.63. The highest BCUT2D eigenvalue weighted by Gasteiger charge is 2.15. The van der Waals surface area contributed by atoms with Gasteiger partial charge in [0.05, 0.1) is 6.26 Å². The fourth-order valence-electron chi connectivity index (χ4n) is 1.47. The van der Waals surface area contributed by atoms with Gasteiger partial charge in [0.2, 0.25) is 0 Å². The predicted octanol–water partition coefficient (Wildman–Crippen LogP) is 0.386. The average molecular weight is 268 g/mol. The molecule has 0 fully saturated rings. The zero-order valence-electron chi connectivity index (χ0n) is 11.6. The number of rotatable bonds is 6. The standard InChI is InChI=1S/C13H21N3O3/c1-9(2)7-15-13(18)16-12(17)8-14-10(3)11-5-4-6-19-11/h4-6,9-10,14H,7-8H2,1-3H3,(H2,15,16,17,18)/p+1/t10-/m1/s1. The van der Waals surface area contributed by atoms with Crippen molar-refractivity contribution in [1.82, 2.24) is 10.6 Å². The molecule has 6 nitrogen and oxygen atoms in total. The van der Waals surface area contributed by atoms with Gasteiger partial charge in [-0.3, -0.25) is 10.1 Å². The minimum Gasteiger partial charge on any atom is -0.463 e. The van der Waals surface area contributed by atoms with Crippen molar-refractivity contribution in [2.75, 3.05) is 13.1 Å². The first-order valence-corrected chi connectivity index (χ1v) is 6.43. The van der Waals surface area contributed by atoms with Crippen LogP contribution >= 0.6 is 0 Å². The molecule has 0 saturated carbocycles. The molecule has 1 heterocycles. The minimum atomic E-state index is -0.447. The van der Waals surface area contributed by atoms with Crippen molar-refractivity contribution in [3.8, 4) is 0 Å². The van der Waals surface area contributed by atoms with Crippen molar-refractivity contribution >= 4 is 11.9 Å². The Morgan fingerprint density at radius 1 is 1.37 bits per heavy atom. The summed E-state index contributed by atoms with van der Waals surface area (Å²) in [5.41, 5.74) is 0. The smallest absolute Gasteiger partial charge is 0.321 e. The van der Waals surface area contributed by atoms with Crippen LogP contribution in [0.5, 0.6) is 0 Å². The van der Waals surface area contributed by atoms with Crippen molar-refractivity contribution in [3.05, 3.63) is 24.2 Å². The highest BCUT2D eigenvalue weighted by molar-refractivity contribution is 5.94. The van der Waals surface area contributed by atoms with Crippen LogP contribution in [0.25, 0.3) is 0 Å². The van der Waals surface area contributed by atoms with E-state index in [1.165, 1.54) is 0 Å². The number of carbonyl (C=O) groups excluding carboxylic acids is 2. The molecular formula is C13H22N3O3+. The molecule has 0 unspecified atom stereocenters. The quantitative estimate of drug-likeness (QED) is 0.697. The molecular weight excluding hydrogens is 246 g/mol. The SMILES string of the molecule is CC(C)CNC(=O)NC(=O)C[NH2+][C@H](C)c1ccco1. The lowest BCUT2D eigenvalue weighted by atomic mass is 10.2. The van der Waals surface area contributed by atoms with Gasteiger partial charge in [0.15, 0.2) is 12.3 Å². The van der Waals surface area contributed by atoms with Gasteiger partial charge in [-0.15, -0.1) is 0 Å². The third-order valence-electron chi connectivity index (χ3n) is 2.57. The van der Waals surface area contributed by atoms with Gasteiger partial charge in [-0.05, 0) is 25.0 Å². The number of urea groups is 1. The molecule has 1 aromatic rings. The summed E-state index contributed by atoms with van der Waals surface area (Å²) in [4.78, 5) is 22.9. The van der Waals surface area contributed by atoms with E-state index in [1.807, 2.05) is 32.2 Å². The van der Waals surface area contributed by atoms with Gasteiger partial charge < -0.3 is 15.1 Å². The number of hydrogen-bond donors (Lipinski definition) is 3. The van der Waals surface area contributed by atoms with Crippen molar-refractivity contribution in [2.24, 2.45) is 5.92 Å². The minimum absolute atomic E-state index is 0.0412. The third-order valence-corrected chi connectivity index (χ3v) is 2.57. The molecule has 0 radical (unpaired) electrons. The molecule has 106 valence electrons. The number of quaternary nitrogens is 1. The second kappa shape index (κ2) is 7.58. The fraction of sp³-hybridized carbons (Fsp3) is 0.538. The average Bonchev–Trinajstić information content (AvgIpc) is 2.87. The van der Waals surface area contributed by atoms with Crippen LogP contribution in [0, 0.1) is 5.92 Å². The zero-order chi connectivity index (χ0) is 14.3. The molecule has 0 aliphatic heterocycles. The van der Waals surface area contributed by atoms with Crippen molar-refractivity contribution in [3.63, 3.8) is 0 Å². The molecule has 0 saturated heterocycles. The normalized spacial score (nSPS) is 12.2. The molecule has 0 aromatic carbocycles. The van der Waals surface area contributed by atoms with Crippen LogP contribution in [0.3, 0.4) is 0 Å². The Balaban J connectivity index is 2.22. The molecule has 1 rings (SSSR count). The zero-order valence-corrected chi connectivity index (χ0v) is 11.6. The van der Waals surface area contributed by atoms with E-state index in [9.17, 15) is 9.59 Å². The molecule has 0 aliphatic carbocycles. The number of nitrogens with one attached hydrogen (secondary N) is 2. The van der Waals surface area contributed by atoms with Crippen LogP contribution in [0.4, 0.5) is 4.79 Å². The largest absolute Gasteiger partial charge is 0.463 e. The number of nitrogens with two attached hydrogens (primary N) is 1. The van der Waals surface area contributed by atoms with Gasteiger partial charge in [0, 0.05) is 6.54 Å².